The molecule has 1 aromatic rings. The Morgan fingerprint density at radius 1 is 1.54 bits per heavy atom. The molecule has 1 aliphatic rings. The van der Waals surface area contributed by atoms with Gasteiger partial charge >= 0.3 is 0 Å². The highest BCUT2D eigenvalue weighted by atomic mass is 15.2. The Morgan fingerprint density at radius 3 is 2.77 bits per heavy atom. The first-order valence-corrected chi connectivity index (χ1v) is 4.94. The first-order valence-electron chi connectivity index (χ1n) is 4.94. The second-order valence-electron chi connectivity index (χ2n) is 4.27. The molecular weight excluding hydrogens is 162 g/mol. The molecule has 1 aromatic heterocycles. The van der Waals surface area contributed by atoms with E-state index in [9.17, 15) is 0 Å². The van der Waals surface area contributed by atoms with Crippen LogP contribution in [-0.2, 0) is 13.5 Å². The second-order valence-corrected chi connectivity index (χ2v) is 4.27. The monoisotopic (exact) mass is 179 g/mol. The molecular formula is C10H17N3. The molecule has 0 radical (unpaired) electrons. The third-order valence-electron chi connectivity index (χ3n) is 2.91. The quantitative estimate of drug-likeness (QED) is 0.742. The zero-order valence-electron chi connectivity index (χ0n) is 8.16. The van der Waals surface area contributed by atoms with Crippen LogP contribution in [0, 0.1) is 0 Å². The Balaban J connectivity index is 2.04. The molecule has 2 N–H and O–H groups in total. The summed E-state index contributed by atoms with van der Waals surface area (Å²) in [6, 6.07) is 0. The molecule has 1 fully saturated rings. The number of hydrogen-bond acceptors (Lipinski definition) is 2. The normalized spacial score (nSPS) is 20.8. The predicted octanol–water partition coefficient (Wildman–Crippen LogP) is 1.23. The molecule has 13 heavy (non-hydrogen) atoms. The van der Waals surface area contributed by atoms with Crippen LogP contribution in [0.5, 0.6) is 0 Å². The van der Waals surface area contributed by atoms with E-state index in [0.717, 1.165) is 6.42 Å². The van der Waals surface area contributed by atoms with Crippen molar-refractivity contribution in [3.63, 3.8) is 0 Å². The topological polar surface area (TPSA) is 43.8 Å². The molecule has 0 saturated heterocycles. The maximum atomic E-state index is 6.26. The summed E-state index contributed by atoms with van der Waals surface area (Å²) in [5, 5.41) is 4.15. The summed E-state index contributed by atoms with van der Waals surface area (Å²) in [5.74, 6) is 0. The number of nitrogens with zero attached hydrogens (tertiary/aromatic N) is 2. The van der Waals surface area contributed by atoms with Crippen LogP contribution in [0.1, 0.15) is 31.2 Å². The van der Waals surface area contributed by atoms with Gasteiger partial charge in [0.15, 0.2) is 0 Å². The molecule has 1 aliphatic carbocycles. The largest absolute Gasteiger partial charge is 0.325 e. The van der Waals surface area contributed by atoms with E-state index < -0.39 is 0 Å². The molecule has 3 heteroatoms. The highest BCUT2D eigenvalue weighted by Gasteiger charge is 2.29. The lowest BCUT2D eigenvalue weighted by molar-refractivity contribution is 0.436. The predicted molar refractivity (Wildman–Crippen MR) is 52.3 cm³/mol. The summed E-state index contributed by atoms with van der Waals surface area (Å²) in [4.78, 5) is 0. The summed E-state index contributed by atoms with van der Waals surface area (Å²) < 4.78 is 1.84. The molecule has 1 saturated carbocycles. The van der Waals surface area contributed by atoms with Crippen LogP contribution in [0.2, 0.25) is 0 Å². The fraction of sp³-hybridized carbons (Fsp3) is 0.700. The second kappa shape index (κ2) is 3.14. The summed E-state index contributed by atoms with van der Waals surface area (Å²) in [6.07, 6.45) is 9.89. The van der Waals surface area contributed by atoms with Crippen LogP contribution < -0.4 is 5.73 Å². The van der Waals surface area contributed by atoms with Crippen LogP contribution in [-0.4, -0.2) is 15.3 Å². The first-order chi connectivity index (χ1) is 6.18. The van der Waals surface area contributed by atoms with Gasteiger partial charge in [-0.25, -0.2) is 0 Å². The van der Waals surface area contributed by atoms with Crippen molar-refractivity contribution in [2.45, 2.75) is 37.6 Å². The van der Waals surface area contributed by atoms with Gasteiger partial charge in [-0.05, 0) is 24.8 Å². The average Bonchev–Trinajstić information content (AvgIpc) is 2.62. The summed E-state index contributed by atoms with van der Waals surface area (Å²) in [6.45, 7) is 0. The van der Waals surface area contributed by atoms with Crippen molar-refractivity contribution in [1.82, 2.24) is 9.78 Å². The minimum absolute atomic E-state index is 0.0586. The first kappa shape index (κ1) is 8.75. The van der Waals surface area contributed by atoms with Gasteiger partial charge in [0.05, 0.1) is 6.20 Å². The smallest absolute Gasteiger partial charge is 0.0522 e. The lowest BCUT2D eigenvalue weighted by atomic mass is 9.92. The van der Waals surface area contributed by atoms with Crippen molar-refractivity contribution in [2.24, 2.45) is 12.8 Å². The van der Waals surface area contributed by atoms with Crippen molar-refractivity contribution >= 4 is 0 Å². The third kappa shape index (κ3) is 1.91. The van der Waals surface area contributed by atoms with Crippen LogP contribution in [0.25, 0.3) is 0 Å². The van der Waals surface area contributed by atoms with E-state index in [2.05, 4.69) is 11.3 Å². The molecule has 0 amide bonds. The van der Waals surface area contributed by atoms with E-state index >= 15 is 0 Å². The maximum absolute atomic E-state index is 6.26. The summed E-state index contributed by atoms with van der Waals surface area (Å²) >= 11 is 0. The van der Waals surface area contributed by atoms with Gasteiger partial charge in [-0.2, -0.15) is 5.10 Å². The van der Waals surface area contributed by atoms with E-state index in [1.54, 1.807) is 0 Å². The van der Waals surface area contributed by atoms with Crippen molar-refractivity contribution in [1.29, 1.82) is 0 Å². The Hall–Kier alpha value is -0.830. The van der Waals surface area contributed by atoms with E-state index in [0.29, 0.717) is 0 Å². The third-order valence-corrected chi connectivity index (χ3v) is 2.91. The Bertz CT molecular complexity index is 284. The van der Waals surface area contributed by atoms with Crippen molar-refractivity contribution in [3.8, 4) is 0 Å². The van der Waals surface area contributed by atoms with Gasteiger partial charge in [0, 0.05) is 18.8 Å². The zero-order chi connectivity index (χ0) is 9.31. The van der Waals surface area contributed by atoms with Gasteiger partial charge in [-0.1, -0.05) is 12.8 Å². The van der Waals surface area contributed by atoms with Gasteiger partial charge in [-0.3, -0.25) is 4.68 Å². The minimum atomic E-state index is 0.0586. The molecule has 1 heterocycles. The van der Waals surface area contributed by atoms with E-state index in [1.165, 1.54) is 31.2 Å². The van der Waals surface area contributed by atoms with Gasteiger partial charge in [-0.15, -0.1) is 0 Å². The van der Waals surface area contributed by atoms with Crippen LogP contribution >= 0.6 is 0 Å². The number of nitrogens with two attached hydrogens (primary N) is 1. The highest BCUT2D eigenvalue weighted by Crippen LogP contribution is 2.30. The molecule has 2 rings (SSSR count). The average molecular weight is 179 g/mol. The summed E-state index contributed by atoms with van der Waals surface area (Å²) in [7, 11) is 1.95. The number of hydrogen-bond donors (Lipinski definition) is 1. The van der Waals surface area contributed by atoms with Gasteiger partial charge in [0.1, 0.15) is 0 Å². The van der Waals surface area contributed by atoms with Crippen molar-refractivity contribution in [3.05, 3.63) is 18.0 Å². The van der Waals surface area contributed by atoms with Crippen molar-refractivity contribution < 1.29 is 0 Å². The fourth-order valence-corrected chi connectivity index (χ4v) is 2.23. The SMILES string of the molecule is Cn1cc(CC2(N)CCCC2)cn1. The molecule has 0 aromatic carbocycles. The van der Waals surface area contributed by atoms with E-state index in [1.807, 2.05) is 17.9 Å². The van der Waals surface area contributed by atoms with Gasteiger partial charge < -0.3 is 5.73 Å². The standard InChI is InChI=1S/C10H17N3/c1-13-8-9(7-12-13)6-10(11)4-2-3-5-10/h7-8H,2-6,11H2,1H3. The lowest BCUT2D eigenvalue weighted by Gasteiger charge is -2.22. The van der Waals surface area contributed by atoms with E-state index in [-0.39, 0.29) is 5.54 Å². The van der Waals surface area contributed by atoms with Gasteiger partial charge in [0.2, 0.25) is 0 Å². The Morgan fingerprint density at radius 2 is 2.23 bits per heavy atom. The van der Waals surface area contributed by atoms with Crippen molar-refractivity contribution in [2.75, 3.05) is 0 Å². The Labute approximate surface area is 78.9 Å². The van der Waals surface area contributed by atoms with Crippen LogP contribution in [0.4, 0.5) is 0 Å². The molecule has 0 bridgehead atoms. The lowest BCUT2D eigenvalue weighted by Crippen LogP contribution is -2.38. The Kier molecular flexibility index (Phi) is 2.12. The minimum Gasteiger partial charge on any atom is -0.325 e. The molecule has 0 atom stereocenters. The number of aromatic nitrogens is 2. The zero-order valence-corrected chi connectivity index (χ0v) is 8.16. The fourth-order valence-electron chi connectivity index (χ4n) is 2.23. The molecule has 72 valence electrons. The number of rotatable bonds is 2. The molecule has 0 unspecified atom stereocenters. The van der Waals surface area contributed by atoms with E-state index in [4.69, 9.17) is 5.73 Å². The van der Waals surface area contributed by atoms with Crippen LogP contribution in [0.3, 0.4) is 0 Å². The van der Waals surface area contributed by atoms with Crippen LogP contribution in [0.15, 0.2) is 12.4 Å². The molecule has 3 nitrogen and oxygen atoms in total. The molecule has 0 aliphatic heterocycles. The summed E-state index contributed by atoms with van der Waals surface area (Å²) in [5.41, 5.74) is 7.59. The number of aryl methyl sites for hydroxylation is 1. The highest BCUT2D eigenvalue weighted by molar-refractivity contribution is 5.10. The maximum Gasteiger partial charge on any atom is 0.0522 e. The van der Waals surface area contributed by atoms with Gasteiger partial charge in [0.25, 0.3) is 0 Å². The molecule has 0 spiro atoms.